The van der Waals surface area contributed by atoms with Gasteiger partial charge in [0.15, 0.2) is 0 Å². The highest BCUT2D eigenvalue weighted by atomic mass is 16.2. The van der Waals surface area contributed by atoms with Gasteiger partial charge in [0.1, 0.15) is 5.41 Å². The van der Waals surface area contributed by atoms with E-state index in [2.05, 4.69) is 17.9 Å². The Hall–Kier alpha value is -1.08. The maximum atomic E-state index is 12.9. The Balaban J connectivity index is 5.24. The van der Waals surface area contributed by atoms with Crippen LogP contribution in [0.4, 0.5) is 0 Å². The lowest BCUT2D eigenvalue weighted by molar-refractivity contribution is -0.142. The first-order valence-corrected chi connectivity index (χ1v) is 7.75. The number of rotatable bonds is 9. The molecular formula is C16H31N3O. The van der Waals surface area contributed by atoms with Crippen LogP contribution in [0, 0.1) is 16.7 Å². The second kappa shape index (κ2) is 8.97. The number of hydrogen-bond donors (Lipinski definition) is 0. The molecule has 0 heterocycles. The molecule has 0 aromatic rings. The Kier molecular flexibility index (Phi) is 8.48. The summed E-state index contributed by atoms with van der Waals surface area (Å²) < 4.78 is 0. The fourth-order valence-electron chi connectivity index (χ4n) is 2.91. The highest BCUT2D eigenvalue weighted by Crippen LogP contribution is 2.32. The molecule has 0 saturated heterocycles. The van der Waals surface area contributed by atoms with E-state index in [0.717, 1.165) is 19.4 Å². The summed E-state index contributed by atoms with van der Waals surface area (Å²) in [7, 11) is 4.01. The molecule has 0 aliphatic rings. The largest absolute Gasteiger partial charge is 0.338 e. The Bertz CT molecular complexity index is 327. The number of carbonyl (C=O) groups excluding carboxylic acids is 1. The minimum Gasteiger partial charge on any atom is -0.338 e. The van der Waals surface area contributed by atoms with Gasteiger partial charge >= 0.3 is 0 Å². The van der Waals surface area contributed by atoms with Gasteiger partial charge in [-0.25, -0.2) is 0 Å². The van der Waals surface area contributed by atoms with Crippen LogP contribution in [-0.4, -0.2) is 48.9 Å². The van der Waals surface area contributed by atoms with E-state index in [4.69, 9.17) is 0 Å². The molecule has 0 aromatic heterocycles. The molecule has 1 atom stereocenters. The Morgan fingerprint density at radius 2 is 1.70 bits per heavy atom. The fraction of sp³-hybridized carbons (Fsp3) is 0.875. The van der Waals surface area contributed by atoms with E-state index in [-0.39, 0.29) is 11.9 Å². The van der Waals surface area contributed by atoms with Crippen LogP contribution < -0.4 is 0 Å². The first kappa shape index (κ1) is 18.9. The summed E-state index contributed by atoms with van der Waals surface area (Å²) in [5.74, 6) is 0.0144. The summed E-state index contributed by atoms with van der Waals surface area (Å²) in [5.41, 5.74) is -0.833. The zero-order valence-corrected chi connectivity index (χ0v) is 14.1. The molecule has 0 bridgehead atoms. The molecule has 0 aliphatic heterocycles. The molecule has 4 nitrogen and oxygen atoms in total. The quantitative estimate of drug-likeness (QED) is 0.653. The van der Waals surface area contributed by atoms with Gasteiger partial charge in [0.25, 0.3) is 0 Å². The van der Waals surface area contributed by atoms with Crippen LogP contribution in [-0.2, 0) is 4.79 Å². The summed E-state index contributed by atoms with van der Waals surface area (Å²) in [6.07, 6.45) is 3.03. The van der Waals surface area contributed by atoms with E-state index in [1.54, 1.807) is 0 Å². The highest BCUT2D eigenvalue weighted by molar-refractivity contribution is 5.85. The number of nitriles is 1. The molecule has 0 saturated carbocycles. The van der Waals surface area contributed by atoms with Gasteiger partial charge in [0.05, 0.1) is 6.07 Å². The number of carbonyl (C=O) groups is 1. The van der Waals surface area contributed by atoms with Gasteiger partial charge in [-0.3, -0.25) is 4.79 Å². The highest BCUT2D eigenvalue weighted by Gasteiger charge is 2.40. The summed E-state index contributed by atoms with van der Waals surface area (Å²) in [4.78, 5) is 16.9. The Morgan fingerprint density at radius 1 is 1.20 bits per heavy atom. The molecule has 0 fully saturated rings. The molecule has 0 N–H and O–H groups in total. The molecule has 0 aliphatic carbocycles. The maximum Gasteiger partial charge on any atom is 0.243 e. The van der Waals surface area contributed by atoms with Gasteiger partial charge in [0.2, 0.25) is 5.91 Å². The fourth-order valence-corrected chi connectivity index (χ4v) is 2.91. The maximum absolute atomic E-state index is 12.9. The Morgan fingerprint density at radius 3 is 2.00 bits per heavy atom. The predicted molar refractivity (Wildman–Crippen MR) is 83.3 cm³/mol. The minimum atomic E-state index is -0.833. The van der Waals surface area contributed by atoms with Crippen molar-refractivity contribution in [1.82, 2.24) is 9.80 Å². The molecule has 1 amide bonds. The number of amides is 1. The van der Waals surface area contributed by atoms with Gasteiger partial charge in [0, 0.05) is 19.1 Å². The second-order valence-corrected chi connectivity index (χ2v) is 5.90. The average Bonchev–Trinajstić information content (AvgIpc) is 2.38. The van der Waals surface area contributed by atoms with E-state index < -0.39 is 5.41 Å². The van der Waals surface area contributed by atoms with Crippen LogP contribution in [0.2, 0.25) is 0 Å². The summed E-state index contributed by atoms with van der Waals surface area (Å²) >= 11 is 0. The lowest BCUT2D eigenvalue weighted by Gasteiger charge is -2.36. The Labute approximate surface area is 124 Å². The predicted octanol–water partition coefficient (Wildman–Crippen LogP) is 2.90. The molecule has 20 heavy (non-hydrogen) atoms. The average molecular weight is 281 g/mol. The molecule has 0 spiro atoms. The molecule has 4 heteroatoms. The smallest absolute Gasteiger partial charge is 0.243 e. The molecule has 1 unspecified atom stereocenters. The topological polar surface area (TPSA) is 47.3 Å². The van der Waals surface area contributed by atoms with Crippen LogP contribution in [0.25, 0.3) is 0 Å². The van der Waals surface area contributed by atoms with E-state index in [1.165, 1.54) is 0 Å². The van der Waals surface area contributed by atoms with Gasteiger partial charge in [-0.05, 0) is 40.8 Å². The van der Waals surface area contributed by atoms with Crippen LogP contribution >= 0.6 is 0 Å². The lowest BCUT2D eigenvalue weighted by Crippen LogP contribution is -2.50. The van der Waals surface area contributed by atoms with E-state index >= 15 is 0 Å². The molecular weight excluding hydrogens is 250 g/mol. The second-order valence-electron chi connectivity index (χ2n) is 5.90. The van der Waals surface area contributed by atoms with Crippen molar-refractivity contribution in [2.24, 2.45) is 5.41 Å². The van der Waals surface area contributed by atoms with Crippen molar-refractivity contribution >= 4 is 5.91 Å². The van der Waals surface area contributed by atoms with Gasteiger partial charge in [-0.2, -0.15) is 5.26 Å². The molecule has 0 rings (SSSR count). The number of nitrogens with zero attached hydrogens (tertiary/aromatic N) is 3. The van der Waals surface area contributed by atoms with Crippen LogP contribution in [0.5, 0.6) is 0 Å². The first-order chi connectivity index (χ1) is 9.38. The third kappa shape index (κ3) is 4.79. The van der Waals surface area contributed by atoms with Gasteiger partial charge < -0.3 is 9.80 Å². The zero-order chi connectivity index (χ0) is 15.8. The first-order valence-electron chi connectivity index (χ1n) is 7.75. The monoisotopic (exact) mass is 281 g/mol. The third-order valence-corrected chi connectivity index (χ3v) is 3.74. The number of hydrogen-bond acceptors (Lipinski definition) is 3. The molecule has 0 radical (unpaired) electrons. The van der Waals surface area contributed by atoms with Crippen LogP contribution in [0.1, 0.15) is 53.4 Å². The third-order valence-electron chi connectivity index (χ3n) is 3.74. The molecule has 0 aromatic carbocycles. The molecule has 116 valence electrons. The van der Waals surface area contributed by atoms with Gasteiger partial charge in [-0.1, -0.05) is 26.7 Å². The number of likely N-dealkylation sites (N-methyl/N-ethyl adjacent to an activating group) is 2. The van der Waals surface area contributed by atoms with E-state index in [9.17, 15) is 10.1 Å². The minimum absolute atomic E-state index is 0.0144. The summed E-state index contributed by atoms with van der Waals surface area (Å²) in [6.45, 7) is 9.60. The van der Waals surface area contributed by atoms with Crippen LogP contribution in [0.15, 0.2) is 0 Å². The van der Waals surface area contributed by atoms with E-state index in [0.29, 0.717) is 19.4 Å². The standard InChI is InChI=1S/C16H31N3O/c1-7-10-16(13-17,11-8-2)15(20)19(9-3)14(4)12-18(5)6/h14H,7-12H2,1-6H3. The van der Waals surface area contributed by atoms with Crippen molar-refractivity contribution in [3.8, 4) is 6.07 Å². The van der Waals surface area contributed by atoms with Crippen molar-refractivity contribution in [3.63, 3.8) is 0 Å². The van der Waals surface area contributed by atoms with E-state index in [1.807, 2.05) is 39.8 Å². The van der Waals surface area contributed by atoms with Gasteiger partial charge in [-0.15, -0.1) is 0 Å². The lowest BCUT2D eigenvalue weighted by atomic mass is 9.79. The van der Waals surface area contributed by atoms with Crippen molar-refractivity contribution in [1.29, 1.82) is 5.26 Å². The zero-order valence-electron chi connectivity index (χ0n) is 14.1. The van der Waals surface area contributed by atoms with Crippen LogP contribution in [0.3, 0.4) is 0 Å². The summed E-state index contributed by atoms with van der Waals surface area (Å²) in [6, 6.07) is 2.46. The van der Waals surface area contributed by atoms with Crippen molar-refractivity contribution in [2.75, 3.05) is 27.2 Å². The van der Waals surface area contributed by atoms with Crippen molar-refractivity contribution in [2.45, 2.75) is 59.4 Å². The van der Waals surface area contributed by atoms with Crippen molar-refractivity contribution in [3.05, 3.63) is 0 Å². The summed E-state index contributed by atoms with van der Waals surface area (Å²) in [5, 5.41) is 9.61. The SMILES string of the molecule is CCCC(C#N)(CCC)C(=O)N(CC)C(C)CN(C)C. The normalized spacial score (nSPS) is 13.1. The van der Waals surface area contributed by atoms with Crippen molar-refractivity contribution < 1.29 is 4.79 Å².